The van der Waals surface area contributed by atoms with Gasteiger partial charge in [-0.15, -0.1) is 0 Å². The van der Waals surface area contributed by atoms with Gasteiger partial charge in [0.25, 0.3) is 5.78 Å². The van der Waals surface area contributed by atoms with Crippen LogP contribution in [0.5, 0.6) is 17.2 Å². The molecular weight excluding hydrogens is 520 g/mol. The van der Waals surface area contributed by atoms with Gasteiger partial charge in [-0.1, -0.05) is 12.1 Å². The number of benzene rings is 2. The van der Waals surface area contributed by atoms with Gasteiger partial charge in [0.15, 0.2) is 17.3 Å². The molecule has 182 valence electrons. The summed E-state index contributed by atoms with van der Waals surface area (Å²) in [4.78, 5) is 27.5. The number of hydrogen-bond acceptors (Lipinski definition) is 8. The van der Waals surface area contributed by atoms with Crippen molar-refractivity contribution in [2.24, 2.45) is 0 Å². The number of methoxy groups -OCH3 is 1. The van der Waals surface area contributed by atoms with Gasteiger partial charge in [-0.05, 0) is 71.2 Å². The molecule has 1 aliphatic heterocycles. The minimum atomic E-state index is -1.07. The first-order valence-corrected chi connectivity index (χ1v) is 11.6. The van der Waals surface area contributed by atoms with Gasteiger partial charge in [0.1, 0.15) is 17.3 Å². The lowest BCUT2D eigenvalue weighted by atomic mass is 9.95. The topological polar surface area (TPSA) is 122 Å². The van der Waals surface area contributed by atoms with Crippen LogP contribution in [0.15, 0.2) is 57.0 Å². The zero-order valence-corrected chi connectivity index (χ0v) is 20.8. The number of aliphatic hydroxyl groups excluding tert-OH is 1. The largest absolute Gasteiger partial charge is 0.507 e. The standard InChI is InChI=1S/C25H23BrN2O7/c1-4-9-34-16-7-5-14(6-8-16)22(29)20-21(15-11-17(26)23(30)18(12-15)33-3)28(25(32)24(20)31)19-10-13(2)35-27-19/h5-8,10-12,21,29-30H,4,9H2,1-3H3/b22-20+. The first kappa shape index (κ1) is 24.3. The minimum Gasteiger partial charge on any atom is -0.507 e. The smallest absolute Gasteiger partial charge is 0.301 e. The molecule has 0 aliphatic carbocycles. The number of carbonyl (C=O) groups is 2. The third-order valence-corrected chi connectivity index (χ3v) is 6.10. The first-order valence-electron chi connectivity index (χ1n) is 10.8. The Bertz CT molecular complexity index is 1310. The molecule has 3 aromatic rings. The second kappa shape index (κ2) is 9.83. The summed E-state index contributed by atoms with van der Waals surface area (Å²) in [6, 6.07) is 10.1. The predicted octanol–water partition coefficient (Wildman–Crippen LogP) is 4.87. The quantitative estimate of drug-likeness (QED) is 0.246. The van der Waals surface area contributed by atoms with E-state index in [1.54, 1.807) is 37.3 Å². The fourth-order valence-corrected chi connectivity index (χ4v) is 4.30. The van der Waals surface area contributed by atoms with Gasteiger partial charge >= 0.3 is 5.91 Å². The molecule has 10 heteroatoms. The molecule has 0 bridgehead atoms. The fraction of sp³-hybridized carbons (Fsp3) is 0.240. The Morgan fingerprint density at radius 3 is 2.51 bits per heavy atom. The molecule has 1 unspecified atom stereocenters. The summed E-state index contributed by atoms with van der Waals surface area (Å²) < 4.78 is 16.3. The van der Waals surface area contributed by atoms with Crippen LogP contribution < -0.4 is 14.4 Å². The molecule has 2 heterocycles. The number of anilines is 1. The molecule has 1 amide bonds. The Kier molecular flexibility index (Phi) is 6.83. The number of carbonyl (C=O) groups excluding carboxylic acids is 2. The van der Waals surface area contributed by atoms with Gasteiger partial charge in [-0.3, -0.25) is 14.5 Å². The summed E-state index contributed by atoms with van der Waals surface area (Å²) in [5.41, 5.74) is 0.589. The van der Waals surface area contributed by atoms with Crippen LogP contribution in [0.1, 0.15) is 36.3 Å². The summed E-state index contributed by atoms with van der Waals surface area (Å²) >= 11 is 3.28. The summed E-state index contributed by atoms with van der Waals surface area (Å²) in [7, 11) is 1.38. The second-order valence-electron chi connectivity index (χ2n) is 7.89. The third-order valence-electron chi connectivity index (χ3n) is 5.49. The molecular formula is C25H23BrN2O7. The van der Waals surface area contributed by atoms with E-state index >= 15 is 0 Å². The molecule has 0 radical (unpaired) electrons. The number of rotatable bonds is 7. The molecule has 2 aromatic carbocycles. The third kappa shape index (κ3) is 4.49. The zero-order valence-electron chi connectivity index (χ0n) is 19.2. The van der Waals surface area contributed by atoms with Gasteiger partial charge in [-0.2, -0.15) is 0 Å². The summed E-state index contributed by atoms with van der Waals surface area (Å²) in [5.74, 6) is -0.986. The van der Waals surface area contributed by atoms with Crippen molar-refractivity contribution in [2.45, 2.75) is 26.3 Å². The van der Waals surface area contributed by atoms with Crippen LogP contribution in [-0.2, 0) is 9.59 Å². The van der Waals surface area contributed by atoms with Crippen LogP contribution in [0.3, 0.4) is 0 Å². The number of amides is 1. The highest BCUT2D eigenvalue weighted by molar-refractivity contribution is 9.10. The monoisotopic (exact) mass is 542 g/mol. The molecule has 1 saturated heterocycles. The SMILES string of the molecule is CCCOc1ccc(/C(O)=C2\C(=O)C(=O)N(c3cc(C)on3)C2c2cc(Br)c(O)c(OC)c2)cc1. The van der Waals surface area contributed by atoms with Crippen LogP contribution in [0.25, 0.3) is 5.76 Å². The number of hydrogen-bond donors (Lipinski definition) is 2. The summed E-state index contributed by atoms with van der Waals surface area (Å²) in [6.45, 7) is 4.20. The van der Waals surface area contributed by atoms with E-state index in [1.165, 1.54) is 19.2 Å². The van der Waals surface area contributed by atoms with Gasteiger partial charge in [0.2, 0.25) is 0 Å². The molecule has 35 heavy (non-hydrogen) atoms. The molecule has 1 fully saturated rings. The van der Waals surface area contributed by atoms with E-state index in [2.05, 4.69) is 21.1 Å². The zero-order chi connectivity index (χ0) is 25.3. The van der Waals surface area contributed by atoms with Crippen molar-refractivity contribution in [3.05, 3.63) is 69.4 Å². The number of ketones is 1. The molecule has 2 N–H and O–H groups in total. The van der Waals surface area contributed by atoms with Gasteiger partial charge in [-0.25, -0.2) is 0 Å². The van der Waals surface area contributed by atoms with Crippen LogP contribution >= 0.6 is 15.9 Å². The van der Waals surface area contributed by atoms with Crippen molar-refractivity contribution in [1.29, 1.82) is 0 Å². The maximum Gasteiger partial charge on any atom is 0.301 e. The van der Waals surface area contributed by atoms with Gasteiger partial charge < -0.3 is 24.2 Å². The van der Waals surface area contributed by atoms with Crippen LogP contribution in [0.4, 0.5) is 5.82 Å². The Balaban J connectivity index is 1.90. The van der Waals surface area contributed by atoms with Crippen molar-refractivity contribution in [1.82, 2.24) is 5.16 Å². The molecule has 9 nitrogen and oxygen atoms in total. The van der Waals surface area contributed by atoms with E-state index in [0.29, 0.717) is 29.2 Å². The lowest BCUT2D eigenvalue weighted by molar-refractivity contribution is -0.132. The summed E-state index contributed by atoms with van der Waals surface area (Å²) in [6.07, 6.45) is 0.846. The number of nitrogens with zero attached hydrogens (tertiary/aromatic N) is 2. The van der Waals surface area contributed by atoms with E-state index in [0.717, 1.165) is 11.3 Å². The Hall–Kier alpha value is -3.79. The molecule has 0 saturated carbocycles. The van der Waals surface area contributed by atoms with E-state index in [1.807, 2.05) is 6.92 Å². The highest BCUT2D eigenvalue weighted by Crippen LogP contribution is 2.45. The average Bonchev–Trinajstić information content (AvgIpc) is 3.39. The fourth-order valence-electron chi connectivity index (χ4n) is 3.84. The van der Waals surface area contributed by atoms with Crippen molar-refractivity contribution >= 4 is 39.2 Å². The second-order valence-corrected chi connectivity index (χ2v) is 8.75. The number of aromatic hydroxyl groups is 1. The van der Waals surface area contributed by atoms with E-state index in [9.17, 15) is 19.8 Å². The van der Waals surface area contributed by atoms with Crippen LogP contribution in [0.2, 0.25) is 0 Å². The number of Topliss-reactive ketones (excluding diaryl/α,β-unsaturated/α-hetero) is 1. The molecule has 1 aliphatic rings. The number of aliphatic hydroxyl groups is 1. The maximum absolute atomic E-state index is 13.2. The van der Waals surface area contributed by atoms with Crippen molar-refractivity contribution in [3.63, 3.8) is 0 Å². The Labute approximate surface area is 209 Å². The van der Waals surface area contributed by atoms with Crippen molar-refractivity contribution < 1.29 is 33.8 Å². The predicted molar refractivity (Wildman–Crippen MR) is 131 cm³/mol. The highest BCUT2D eigenvalue weighted by Gasteiger charge is 2.48. The minimum absolute atomic E-state index is 0.111. The van der Waals surface area contributed by atoms with Gasteiger partial charge in [0.05, 0.1) is 29.8 Å². The number of halogens is 1. The molecule has 1 atom stereocenters. The molecule has 1 aromatic heterocycles. The van der Waals surface area contributed by atoms with Crippen LogP contribution in [-0.4, -0.2) is 40.8 Å². The normalized spacial score (nSPS) is 17.1. The maximum atomic E-state index is 13.2. The Morgan fingerprint density at radius 2 is 1.91 bits per heavy atom. The van der Waals surface area contributed by atoms with Crippen LogP contribution in [0, 0.1) is 6.92 Å². The first-order chi connectivity index (χ1) is 16.8. The lowest BCUT2D eigenvalue weighted by Gasteiger charge is -2.23. The molecule has 4 rings (SSSR count). The van der Waals surface area contributed by atoms with E-state index in [-0.39, 0.29) is 33.1 Å². The number of aryl methyl sites for hydroxylation is 1. The highest BCUT2D eigenvalue weighted by atomic mass is 79.9. The average molecular weight is 543 g/mol. The number of phenols is 1. The Morgan fingerprint density at radius 1 is 1.20 bits per heavy atom. The van der Waals surface area contributed by atoms with E-state index in [4.69, 9.17) is 14.0 Å². The van der Waals surface area contributed by atoms with Crippen molar-refractivity contribution in [3.8, 4) is 17.2 Å². The number of aromatic nitrogens is 1. The number of phenolic OH excluding ortho intramolecular Hbond substituents is 1. The van der Waals surface area contributed by atoms with E-state index < -0.39 is 17.7 Å². The number of ether oxygens (including phenoxy) is 2. The van der Waals surface area contributed by atoms with Crippen molar-refractivity contribution in [2.75, 3.05) is 18.6 Å². The summed E-state index contributed by atoms with van der Waals surface area (Å²) in [5, 5.41) is 25.4. The van der Waals surface area contributed by atoms with Gasteiger partial charge in [0, 0.05) is 11.6 Å². The lowest BCUT2D eigenvalue weighted by Crippen LogP contribution is -2.29. The molecule has 0 spiro atoms.